The molecule has 1 rings (SSSR count). The van der Waals surface area contributed by atoms with Crippen LogP contribution in [0.1, 0.15) is 39.0 Å². The van der Waals surface area contributed by atoms with Crippen LogP contribution in [0.4, 0.5) is 0 Å². The summed E-state index contributed by atoms with van der Waals surface area (Å²) in [5.74, 6) is -0.271. The Labute approximate surface area is 90.3 Å². The number of hydrogen-bond donors (Lipinski definition) is 1. The van der Waals surface area contributed by atoms with Crippen LogP contribution in [0, 0.1) is 5.92 Å². The summed E-state index contributed by atoms with van der Waals surface area (Å²) in [5.41, 5.74) is 0. The lowest BCUT2D eigenvalue weighted by Gasteiger charge is -2.26. The van der Waals surface area contributed by atoms with Gasteiger partial charge in [0.1, 0.15) is 0 Å². The molecule has 15 heavy (non-hydrogen) atoms. The van der Waals surface area contributed by atoms with E-state index in [1.807, 2.05) is 4.90 Å². The van der Waals surface area contributed by atoms with Crippen LogP contribution in [0.3, 0.4) is 0 Å². The molecule has 0 saturated carbocycles. The summed E-state index contributed by atoms with van der Waals surface area (Å²) in [6.45, 7) is 3.16. The summed E-state index contributed by atoms with van der Waals surface area (Å²) in [6.07, 6.45) is 3.99. The first-order chi connectivity index (χ1) is 7.09. The van der Waals surface area contributed by atoms with Gasteiger partial charge >= 0.3 is 5.97 Å². The molecule has 1 saturated heterocycles. The van der Waals surface area contributed by atoms with E-state index < -0.39 is 5.97 Å². The highest BCUT2D eigenvalue weighted by molar-refractivity contribution is 5.73. The minimum Gasteiger partial charge on any atom is -0.481 e. The maximum Gasteiger partial charge on any atom is 0.303 e. The van der Waals surface area contributed by atoms with Crippen LogP contribution in [0.5, 0.6) is 0 Å². The van der Waals surface area contributed by atoms with Crippen molar-refractivity contribution >= 4 is 11.9 Å². The van der Waals surface area contributed by atoms with Gasteiger partial charge in [0.15, 0.2) is 0 Å². The summed E-state index contributed by atoms with van der Waals surface area (Å²) in [6, 6.07) is 0. The van der Waals surface area contributed by atoms with Crippen molar-refractivity contribution in [3.63, 3.8) is 0 Å². The first-order valence-electron chi connectivity index (χ1n) is 5.57. The fourth-order valence-electron chi connectivity index (χ4n) is 2.16. The second-order valence-corrected chi connectivity index (χ2v) is 4.25. The van der Waals surface area contributed by atoms with Gasteiger partial charge in [-0.05, 0) is 31.6 Å². The van der Waals surface area contributed by atoms with Gasteiger partial charge in [-0.2, -0.15) is 0 Å². The summed E-state index contributed by atoms with van der Waals surface area (Å²) in [4.78, 5) is 23.6. The van der Waals surface area contributed by atoms with Crippen molar-refractivity contribution in [2.75, 3.05) is 13.1 Å². The topological polar surface area (TPSA) is 57.6 Å². The van der Waals surface area contributed by atoms with Crippen LogP contribution in [0.2, 0.25) is 0 Å². The lowest BCUT2D eigenvalue weighted by molar-refractivity contribution is -0.138. The molecule has 1 aliphatic heterocycles. The van der Waals surface area contributed by atoms with Gasteiger partial charge in [-0.1, -0.05) is 0 Å². The van der Waals surface area contributed by atoms with Crippen LogP contribution < -0.4 is 0 Å². The molecule has 0 aromatic rings. The van der Waals surface area contributed by atoms with Crippen molar-refractivity contribution in [1.82, 2.24) is 4.90 Å². The lowest BCUT2D eigenvalue weighted by Crippen LogP contribution is -2.32. The second kappa shape index (κ2) is 5.73. The van der Waals surface area contributed by atoms with Crippen LogP contribution in [0.25, 0.3) is 0 Å². The molecule has 0 unspecified atom stereocenters. The summed E-state index contributed by atoms with van der Waals surface area (Å²) in [7, 11) is 0. The smallest absolute Gasteiger partial charge is 0.303 e. The van der Waals surface area contributed by atoms with Crippen LogP contribution in [0.15, 0.2) is 0 Å². The van der Waals surface area contributed by atoms with Gasteiger partial charge in [-0.15, -0.1) is 0 Å². The van der Waals surface area contributed by atoms with Crippen molar-refractivity contribution < 1.29 is 14.7 Å². The monoisotopic (exact) mass is 213 g/mol. The van der Waals surface area contributed by atoms with E-state index in [2.05, 4.69) is 0 Å². The number of carboxylic acids is 1. The predicted molar refractivity (Wildman–Crippen MR) is 56.5 cm³/mol. The molecular weight excluding hydrogens is 194 g/mol. The Morgan fingerprint density at radius 1 is 1.27 bits per heavy atom. The zero-order valence-corrected chi connectivity index (χ0v) is 9.24. The molecule has 0 spiro atoms. The summed E-state index contributed by atoms with van der Waals surface area (Å²) in [5, 5.41) is 8.70. The van der Waals surface area contributed by atoms with Gasteiger partial charge in [0.05, 0.1) is 0 Å². The number of rotatable bonds is 2. The third-order valence-electron chi connectivity index (χ3n) is 2.99. The molecule has 0 atom stereocenters. The number of amides is 1. The number of hydrogen-bond acceptors (Lipinski definition) is 2. The molecule has 0 bridgehead atoms. The highest BCUT2D eigenvalue weighted by atomic mass is 16.4. The molecule has 0 aromatic heterocycles. The van der Waals surface area contributed by atoms with Crippen molar-refractivity contribution in [2.45, 2.75) is 39.0 Å². The van der Waals surface area contributed by atoms with Gasteiger partial charge < -0.3 is 10.0 Å². The molecule has 86 valence electrons. The largest absolute Gasteiger partial charge is 0.481 e. The third-order valence-corrected chi connectivity index (χ3v) is 2.99. The fourth-order valence-corrected chi connectivity index (χ4v) is 2.16. The van der Waals surface area contributed by atoms with Crippen molar-refractivity contribution in [1.29, 1.82) is 0 Å². The van der Waals surface area contributed by atoms with E-state index in [4.69, 9.17) is 5.11 Å². The van der Waals surface area contributed by atoms with Crippen molar-refractivity contribution in [2.24, 2.45) is 5.92 Å². The molecule has 0 aromatic carbocycles. The van der Waals surface area contributed by atoms with E-state index in [0.29, 0.717) is 5.92 Å². The van der Waals surface area contributed by atoms with Gasteiger partial charge in [-0.3, -0.25) is 9.59 Å². The molecule has 0 aliphatic carbocycles. The second-order valence-electron chi connectivity index (χ2n) is 4.25. The Hall–Kier alpha value is -1.06. The molecule has 1 fully saturated rings. The Bertz CT molecular complexity index is 230. The summed E-state index contributed by atoms with van der Waals surface area (Å²) < 4.78 is 0. The molecular formula is C11H19NO3. The molecule has 4 nitrogen and oxygen atoms in total. The quantitative estimate of drug-likeness (QED) is 0.756. The highest BCUT2D eigenvalue weighted by Gasteiger charge is 2.18. The average molecular weight is 213 g/mol. The Morgan fingerprint density at radius 2 is 1.80 bits per heavy atom. The van der Waals surface area contributed by atoms with Gasteiger partial charge in [0.25, 0.3) is 0 Å². The highest BCUT2D eigenvalue weighted by Crippen LogP contribution is 2.21. The van der Waals surface area contributed by atoms with E-state index in [-0.39, 0.29) is 12.3 Å². The predicted octanol–water partition coefficient (Wildman–Crippen LogP) is 1.50. The SMILES string of the molecule is CC(=O)N1CCCC(CC(=O)O)CCC1. The molecule has 0 radical (unpaired) electrons. The maximum atomic E-state index is 11.2. The third kappa shape index (κ3) is 4.32. The van der Waals surface area contributed by atoms with E-state index in [1.165, 1.54) is 0 Å². The number of carbonyl (C=O) groups excluding carboxylic acids is 1. The van der Waals surface area contributed by atoms with E-state index in [1.54, 1.807) is 6.92 Å². The van der Waals surface area contributed by atoms with E-state index in [0.717, 1.165) is 38.8 Å². The zero-order chi connectivity index (χ0) is 11.3. The van der Waals surface area contributed by atoms with Crippen molar-refractivity contribution in [3.8, 4) is 0 Å². The number of aliphatic carboxylic acids is 1. The standard InChI is InChI=1S/C11H19NO3/c1-9(13)12-6-2-4-10(5-3-7-12)8-11(14)15/h10H,2-8H2,1H3,(H,14,15). The molecule has 1 heterocycles. The summed E-state index contributed by atoms with van der Waals surface area (Å²) >= 11 is 0. The normalized spacial score (nSPS) is 19.4. The molecule has 4 heteroatoms. The Balaban J connectivity index is 2.36. The van der Waals surface area contributed by atoms with Crippen LogP contribution >= 0.6 is 0 Å². The van der Waals surface area contributed by atoms with E-state index >= 15 is 0 Å². The molecule has 1 aliphatic rings. The zero-order valence-electron chi connectivity index (χ0n) is 9.24. The average Bonchev–Trinajstić information content (AvgIpc) is 2.07. The number of carbonyl (C=O) groups is 2. The number of carboxylic acid groups (broad SMARTS) is 1. The minimum absolute atomic E-state index is 0.131. The first kappa shape index (κ1) is 12.0. The van der Waals surface area contributed by atoms with Crippen LogP contribution in [-0.2, 0) is 9.59 Å². The van der Waals surface area contributed by atoms with Crippen LogP contribution in [-0.4, -0.2) is 35.0 Å². The Kier molecular flexibility index (Phi) is 4.59. The minimum atomic E-state index is -0.705. The lowest BCUT2D eigenvalue weighted by atomic mass is 9.92. The van der Waals surface area contributed by atoms with Gasteiger partial charge in [0.2, 0.25) is 5.91 Å². The molecule has 1 N–H and O–H groups in total. The Morgan fingerprint density at radius 3 is 2.20 bits per heavy atom. The van der Waals surface area contributed by atoms with Gasteiger partial charge in [-0.25, -0.2) is 0 Å². The maximum absolute atomic E-state index is 11.2. The fraction of sp³-hybridized carbons (Fsp3) is 0.818. The van der Waals surface area contributed by atoms with Gasteiger partial charge in [0, 0.05) is 26.4 Å². The number of likely N-dealkylation sites (tertiary alicyclic amines) is 1. The van der Waals surface area contributed by atoms with E-state index in [9.17, 15) is 9.59 Å². The number of nitrogens with zero attached hydrogens (tertiary/aromatic N) is 1. The van der Waals surface area contributed by atoms with Crippen molar-refractivity contribution in [3.05, 3.63) is 0 Å². The molecule has 1 amide bonds. The first-order valence-corrected chi connectivity index (χ1v) is 5.57.